The Kier molecular flexibility index (Phi) is 5.26. The number of hydrogen-bond acceptors (Lipinski definition) is 4. The van der Waals surface area contributed by atoms with E-state index in [2.05, 4.69) is 0 Å². The average Bonchev–Trinajstić information content (AvgIpc) is 3.01. The minimum atomic E-state index is -0.489. The molecule has 1 aliphatic rings. The van der Waals surface area contributed by atoms with Gasteiger partial charge in [-0.05, 0) is 50.1 Å². The van der Waals surface area contributed by atoms with Crippen LogP contribution in [0.5, 0.6) is 11.5 Å². The van der Waals surface area contributed by atoms with Crippen LogP contribution in [-0.4, -0.2) is 25.0 Å². The SMILES string of the molecule is CCOc1ccccc1N1C[C@H](C(=O)Oc2cccc(C)c2C)CC1=O. The Hall–Kier alpha value is -2.82. The number of hydrogen-bond donors (Lipinski definition) is 0. The van der Waals surface area contributed by atoms with Gasteiger partial charge in [0.1, 0.15) is 11.5 Å². The van der Waals surface area contributed by atoms with Gasteiger partial charge in [-0.2, -0.15) is 0 Å². The fraction of sp³-hybridized carbons (Fsp3) is 0.333. The molecule has 0 spiro atoms. The molecule has 1 fully saturated rings. The fourth-order valence-corrected chi connectivity index (χ4v) is 3.08. The topological polar surface area (TPSA) is 55.8 Å². The lowest BCUT2D eigenvalue weighted by Gasteiger charge is -2.20. The molecule has 2 aromatic carbocycles. The number of ether oxygens (including phenoxy) is 2. The van der Waals surface area contributed by atoms with E-state index in [-0.39, 0.29) is 18.3 Å². The molecule has 5 nitrogen and oxygen atoms in total. The van der Waals surface area contributed by atoms with Gasteiger partial charge in [0.2, 0.25) is 5.91 Å². The summed E-state index contributed by atoms with van der Waals surface area (Å²) in [7, 11) is 0. The first-order valence-electron chi connectivity index (χ1n) is 8.81. The van der Waals surface area contributed by atoms with Gasteiger partial charge < -0.3 is 14.4 Å². The van der Waals surface area contributed by atoms with Gasteiger partial charge in [0.25, 0.3) is 0 Å². The van der Waals surface area contributed by atoms with Crippen molar-refractivity contribution in [1.29, 1.82) is 0 Å². The van der Waals surface area contributed by atoms with E-state index in [9.17, 15) is 9.59 Å². The molecule has 0 unspecified atom stereocenters. The van der Waals surface area contributed by atoms with Crippen molar-refractivity contribution in [2.75, 3.05) is 18.1 Å². The molecule has 1 aliphatic heterocycles. The second kappa shape index (κ2) is 7.60. The zero-order chi connectivity index (χ0) is 18.7. The van der Waals surface area contributed by atoms with Gasteiger partial charge in [-0.15, -0.1) is 0 Å². The number of amides is 1. The van der Waals surface area contributed by atoms with E-state index >= 15 is 0 Å². The molecule has 26 heavy (non-hydrogen) atoms. The maximum Gasteiger partial charge on any atom is 0.316 e. The Labute approximate surface area is 153 Å². The Bertz CT molecular complexity index is 831. The maximum absolute atomic E-state index is 12.6. The van der Waals surface area contributed by atoms with Gasteiger partial charge in [0.05, 0.1) is 18.2 Å². The number of carbonyl (C=O) groups is 2. The summed E-state index contributed by atoms with van der Waals surface area (Å²) in [5.74, 6) is 0.239. The van der Waals surface area contributed by atoms with Crippen LogP contribution in [0.25, 0.3) is 0 Å². The third-order valence-corrected chi connectivity index (χ3v) is 4.68. The number of benzene rings is 2. The molecule has 1 atom stereocenters. The van der Waals surface area contributed by atoms with Gasteiger partial charge >= 0.3 is 5.97 Å². The monoisotopic (exact) mass is 353 g/mol. The number of carbonyl (C=O) groups excluding carboxylic acids is 2. The van der Waals surface area contributed by atoms with Crippen LogP contribution in [0.4, 0.5) is 5.69 Å². The van der Waals surface area contributed by atoms with E-state index in [0.717, 1.165) is 11.1 Å². The number of nitrogens with zero attached hydrogens (tertiary/aromatic N) is 1. The van der Waals surface area contributed by atoms with E-state index < -0.39 is 5.92 Å². The first-order valence-corrected chi connectivity index (χ1v) is 8.81. The van der Waals surface area contributed by atoms with Crippen molar-refractivity contribution in [3.8, 4) is 11.5 Å². The van der Waals surface area contributed by atoms with E-state index in [1.165, 1.54) is 0 Å². The summed E-state index contributed by atoms with van der Waals surface area (Å²) < 4.78 is 11.2. The third kappa shape index (κ3) is 3.57. The van der Waals surface area contributed by atoms with Crippen LogP contribution in [0.15, 0.2) is 42.5 Å². The summed E-state index contributed by atoms with van der Waals surface area (Å²) in [4.78, 5) is 26.7. The molecular weight excluding hydrogens is 330 g/mol. The highest BCUT2D eigenvalue weighted by atomic mass is 16.5. The maximum atomic E-state index is 12.6. The first kappa shape index (κ1) is 18.0. The molecule has 1 heterocycles. The predicted octanol–water partition coefficient (Wildman–Crippen LogP) is 3.66. The number of esters is 1. The minimum absolute atomic E-state index is 0.0972. The van der Waals surface area contributed by atoms with Crippen molar-refractivity contribution >= 4 is 17.6 Å². The van der Waals surface area contributed by atoms with Crippen molar-refractivity contribution in [3.05, 3.63) is 53.6 Å². The molecular formula is C21H23NO4. The van der Waals surface area contributed by atoms with E-state index in [1.807, 2.05) is 57.2 Å². The van der Waals surface area contributed by atoms with Gasteiger partial charge in [0.15, 0.2) is 0 Å². The van der Waals surface area contributed by atoms with Crippen molar-refractivity contribution in [2.45, 2.75) is 27.2 Å². The Morgan fingerprint density at radius 1 is 1.12 bits per heavy atom. The normalized spacial score (nSPS) is 16.7. The quantitative estimate of drug-likeness (QED) is 0.608. The number of rotatable bonds is 5. The molecule has 1 amide bonds. The molecule has 136 valence electrons. The Balaban J connectivity index is 1.75. The summed E-state index contributed by atoms with van der Waals surface area (Å²) in [6.07, 6.45) is 0.143. The zero-order valence-electron chi connectivity index (χ0n) is 15.3. The molecule has 0 saturated carbocycles. The fourth-order valence-electron chi connectivity index (χ4n) is 3.08. The highest BCUT2D eigenvalue weighted by Gasteiger charge is 2.37. The van der Waals surface area contributed by atoms with E-state index in [4.69, 9.17) is 9.47 Å². The smallest absolute Gasteiger partial charge is 0.316 e. The van der Waals surface area contributed by atoms with Crippen LogP contribution in [0.1, 0.15) is 24.5 Å². The average molecular weight is 353 g/mol. The minimum Gasteiger partial charge on any atom is -0.492 e. The lowest BCUT2D eigenvalue weighted by atomic mass is 10.1. The second-order valence-electron chi connectivity index (χ2n) is 6.43. The van der Waals surface area contributed by atoms with E-state index in [1.54, 1.807) is 11.0 Å². The van der Waals surface area contributed by atoms with Crippen molar-refractivity contribution in [1.82, 2.24) is 0 Å². The Morgan fingerprint density at radius 3 is 2.62 bits per heavy atom. The highest BCUT2D eigenvalue weighted by Crippen LogP contribution is 2.33. The van der Waals surface area contributed by atoms with Crippen LogP contribution in [0, 0.1) is 19.8 Å². The summed E-state index contributed by atoms with van der Waals surface area (Å²) in [5.41, 5.74) is 2.69. The molecule has 0 aliphatic carbocycles. The second-order valence-corrected chi connectivity index (χ2v) is 6.43. The molecule has 2 aromatic rings. The summed E-state index contributed by atoms with van der Waals surface area (Å²) in [6, 6.07) is 13.0. The molecule has 3 rings (SSSR count). The number of para-hydroxylation sites is 2. The van der Waals surface area contributed by atoms with Gasteiger partial charge in [-0.3, -0.25) is 9.59 Å². The standard InChI is InChI=1S/C21H23NO4/c1-4-25-19-10-6-5-9-17(19)22-13-16(12-20(22)23)21(24)26-18-11-7-8-14(2)15(18)3/h5-11,16H,4,12-13H2,1-3H3/t16-/m1/s1. The summed E-state index contributed by atoms with van der Waals surface area (Å²) in [6.45, 7) is 6.59. The number of anilines is 1. The summed E-state index contributed by atoms with van der Waals surface area (Å²) >= 11 is 0. The predicted molar refractivity (Wildman–Crippen MR) is 99.6 cm³/mol. The lowest BCUT2D eigenvalue weighted by molar-refractivity contribution is -0.139. The molecule has 1 saturated heterocycles. The van der Waals surface area contributed by atoms with Crippen molar-refractivity contribution < 1.29 is 19.1 Å². The van der Waals surface area contributed by atoms with Gasteiger partial charge in [-0.25, -0.2) is 0 Å². The van der Waals surface area contributed by atoms with Crippen LogP contribution in [0.3, 0.4) is 0 Å². The molecule has 5 heteroatoms. The van der Waals surface area contributed by atoms with Crippen LogP contribution >= 0.6 is 0 Å². The largest absolute Gasteiger partial charge is 0.492 e. The van der Waals surface area contributed by atoms with Crippen molar-refractivity contribution in [2.24, 2.45) is 5.92 Å². The molecule has 0 bridgehead atoms. The molecule has 0 N–H and O–H groups in total. The van der Waals surface area contributed by atoms with Crippen LogP contribution < -0.4 is 14.4 Å². The number of aryl methyl sites for hydroxylation is 1. The summed E-state index contributed by atoms with van der Waals surface area (Å²) in [5, 5.41) is 0. The first-order chi connectivity index (χ1) is 12.5. The highest BCUT2D eigenvalue weighted by molar-refractivity contribution is 6.00. The Morgan fingerprint density at radius 2 is 1.85 bits per heavy atom. The van der Waals surface area contributed by atoms with Crippen molar-refractivity contribution in [3.63, 3.8) is 0 Å². The third-order valence-electron chi connectivity index (χ3n) is 4.68. The van der Waals surface area contributed by atoms with Crippen LogP contribution in [0.2, 0.25) is 0 Å². The molecule has 0 radical (unpaired) electrons. The molecule has 0 aromatic heterocycles. The van der Waals surface area contributed by atoms with Gasteiger partial charge in [0, 0.05) is 13.0 Å². The zero-order valence-corrected chi connectivity index (χ0v) is 15.3. The van der Waals surface area contributed by atoms with E-state index in [0.29, 0.717) is 30.3 Å². The van der Waals surface area contributed by atoms with Crippen LogP contribution in [-0.2, 0) is 9.59 Å². The van der Waals surface area contributed by atoms with Gasteiger partial charge in [-0.1, -0.05) is 24.3 Å². The lowest BCUT2D eigenvalue weighted by Crippen LogP contribution is -2.27.